The van der Waals surface area contributed by atoms with E-state index in [2.05, 4.69) is 22.4 Å². The van der Waals surface area contributed by atoms with Gasteiger partial charge >= 0.3 is 0 Å². The van der Waals surface area contributed by atoms with E-state index in [1.165, 1.54) is 18.2 Å². The summed E-state index contributed by atoms with van der Waals surface area (Å²) in [5.74, 6) is 0.745. The van der Waals surface area contributed by atoms with Crippen LogP contribution in [0.25, 0.3) is 5.69 Å². The number of carbonyl (C=O) groups is 1. The molecule has 0 atom stereocenters. The summed E-state index contributed by atoms with van der Waals surface area (Å²) in [5.41, 5.74) is 0.567. The summed E-state index contributed by atoms with van der Waals surface area (Å²) in [7, 11) is 1.59. The molecule has 0 saturated heterocycles. The molecule has 3 aromatic rings. The molecule has 1 amide bonds. The third-order valence-corrected chi connectivity index (χ3v) is 5.68. The highest BCUT2D eigenvalue weighted by atomic mass is 35.5. The van der Waals surface area contributed by atoms with Crippen molar-refractivity contribution >= 4 is 29.3 Å². The molecule has 0 saturated carbocycles. The highest BCUT2D eigenvalue weighted by Gasteiger charge is 2.20. The van der Waals surface area contributed by atoms with Crippen molar-refractivity contribution in [1.82, 2.24) is 20.1 Å². The van der Waals surface area contributed by atoms with Gasteiger partial charge in [0.15, 0.2) is 11.0 Å². The van der Waals surface area contributed by atoms with Crippen molar-refractivity contribution in [1.29, 1.82) is 0 Å². The maximum absolute atomic E-state index is 14.0. The number of nitrogens with zero attached hydrogens (tertiary/aromatic N) is 3. The van der Waals surface area contributed by atoms with E-state index >= 15 is 0 Å². The molecule has 0 spiro atoms. The average Bonchev–Trinajstić information content (AvgIpc) is 3.14. The molecule has 0 unspecified atom stereocenters. The Kier molecular flexibility index (Phi) is 7.70. The predicted molar refractivity (Wildman–Crippen MR) is 116 cm³/mol. The number of benzene rings is 2. The first-order valence-corrected chi connectivity index (χ1v) is 10.9. The van der Waals surface area contributed by atoms with Crippen LogP contribution in [0, 0.1) is 5.82 Å². The van der Waals surface area contributed by atoms with Crippen LogP contribution >= 0.6 is 23.4 Å². The number of hydrogen-bond acceptors (Lipinski definition) is 5. The molecule has 0 fully saturated rings. The van der Waals surface area contributed by atoms with Crippen molar-refractivity contribution in [2.75, 3.05) is 12.9 Å². The molecule has 0 radical (unpaired) electrons. The SMILES string of the molecule is CCCCSc1nnc(CNC(=O)c2c(F)cccc2Cl)n1-c1ccccc1OC. The third-order valence-electron chi connectivity index (χ3n) is 4.35. The Morgan fingerprint density at radius 2 is 2.03 bits per heavy atom. The van der Waals surface area contributed by atoms with Crippen molar-refractivity contribution < 1.29 is 13.9 Å². The lowest BCUT2D eigenvalue weighted by molar-refractivity contribution is 0.0946. The molecule has 1 aromatic heterocycles. The molecular formula is C21H22ClFN4O2S. The van der Waals surface area contributed by atoms with E-state index in [1.807, 2.05) is 28.8 Å². The van der Waals surface area contributed by atoms with E-state index in [0.29, 0.717) is 16.7 Å². The first kappa shape index (κ1) is 22.1. The lowest BCUT2D eigenvalue weighted by Gasteiger charge is -2.14. The standard InChI is InChI=1S/C21H22ClFN4O2S/c1-3-4-12-30-21-26-25-18(27(21)16-10-5-6-11-17(16)29-2)13-24-20(28)19-14(22)8-7-9-15(19)23/h5-11H,3-4,12-13H2,1-2H3,(H,24,28). The number of rotatable bonds is 9. The van der Waals surface area contributed by atoms with E-state index in [-0.39, 0.29) is 17.1 Å². The zero-order valence-corrected chi connectivity index (χ0v) is 18.3. The summed E-state index contributed by atoms with van der Waals surface area (Å²) in [6.07, 6.45) is 2.11. The van der Waals surface area contributed by atoms with Crippen LogP contribution in [0.15, 0.2) is 47.6 Å². The first-order chi connectivity index (χ1) is 14.6. The summed E-state index contributed by atoms with van der Waals surface area (Å²) in [6, 6.07) is 11.6. The van der Waals surface area contributed by atoms with Crippen molar-refractivity contribution in [3.63, 3.8) is 0 Å². The molecule has 6 nitrogen and oxygen atoms in total. The second-order valence-electron chi connectivity index (χ2n) is 6.39. The Morgan fingerprint density at radius 3 is 2.77 bits per heavy atom. The Labute approximate surface area is 183 Å². The molecule has 1 N–H and O–H groups in total. The minimum atomic E-state index is -0.679. The molecule has 9 heteroatoms. The number of ether oxygens (including phenoxy) is 1. The van der Waals surface area contributed by atoms with Crippen LogP contribution in [-0.4, -0.2) is 33.5 Å². The Hall–Kier alpha value is -2.58. The molecular weight excluding hydrogens is 427 g/mol. The fourth-order valence-electron chi connectivity index (χ4n) is 2.84. The Bertz CT molecular complexity index is 1010. The number of nitrogens with one attached hydrogen (secondary N) is 1. The van der Waals surface area contributed by atoms with Gasteiger partial charge in [0, 0.05) is 5.75 Å². The number of hydrogen-bond donors (Lipinski definition) is 1. The quantitative estimate of drug-likeness (QED) is 0.373. The number of amides is 1. The van der Waals surface area contributed by atoms with Gasteiger partial charge in [-0.05, 0) is 30.7 Å². The normalized spacial score (nSPS) is 10.8. The number of carbonyl (C=O) groups excluding carboxylic acids is 1. The van der Waals surface area contributed by atoms with Gasteiger partial charge in [0.1, 0.15) is 11.6 Å². The van der Waals surface area contributed by atoms with Crippen LogP contribution in [-0.2, 0) is 6.54 Å². The maximum atomic E-state index is 14.0. The summed E-state index contributed by atoms with van der Waals surface area (Å²) in [6.45, 7) is 2.17. The van der Waals surface area contributed by atoms with Gasteiger partial charge in [-0.2, -0.15) is 0 Å². The van der Waals surface area contributed by atoms with E-state index < -0.39 is 11.7 Å². The van der Waals surface area contributed by atoms with E-state index in [9.17, 15) is 9.18 Å². The molecule has 0 aliphatic heterocycles. The first-order valence-electron chi connectivity index (χ1n) is 9.49. The lowest BCUT2D eigenvalue weighted by atomic mass is 10.2. The number of thioether (sulfide) groups is 1. The van der Waals surface area contributed by atoms with Gasteiger partial charge in [-0.3, -0.25) is 9.36 Å². The van der Waals surface area contributed by atoms with Crippen LogP contribution in [0.3, 0.4) is 0 Å². The van der Waals surface area contributed by atoms with Gasteiger partial charge in [0.2, 0.25) is 0 Å². The second kappa shape index (κ2) is 10.4. The highest BCUT2D eigenvalue weighted by molar-refractivity contribution is 7.99. The van der Waals surface area contributed by atoms with Crippen LogP contribution in [0.1, 0.15) is 35.9 Å². The van der Waals surface area contributed by atoms with E-state index in [1.54, 1.807) is 18.9 Å². The molecule has 2 aromatic carbocycles. The van der Waals surface area contributed by atoms with Gasteiger partial charge in [0.05, 0.1) is 29.9 Å². The van der Waals surface area contributed by atoms with E-state index in [0.717, 1.165) is 24.3 Å². The minimum Gasteiger partial charge on any atom is -0.495 e. The van der Waals surface area contributed by atoms with Crippen molar-refractivity contribution in [3.8, 4) is 11.4 Å². The molecule has 0 aliphatic carbocycles. The molecule has 158 valence electrons. The Balaban J connectivity index is 1.90. The summed E-state index contributed by atoms with van der Waals surface area (Å²) in [4.78, 5) is 12.5. The summed E-state index contributed by atoms with van der Waals surface area (Å²) < 4.78 is 21.4. The summed E-state index contributed by atoms with van der Waals surface area (Å²) in [5, 5.41) is 12.0. The maximum Gasteiger partial charge on any atom is 0.256 e. The molecule has 30 heavy (non-hydrogen) atoms. The minimum absolute atomic E-state index is 0.0445. The van der Waals surface area contributed by atoms with Crippen molar-refractivity contribution in [3.05, 3.63) is 64.7 Å². The van der Waals surface area contributed by atoms with Crippen LogP contribution in [0.4, 0.5) is 4.39 Å². The van der Waals surface area contributed by atoms with Crippen LogP contribution in [0.2, 0.25) is 5.02 Å². The smallest absolute Gasteiger partial charge is 0.256 e. The fourth-order valence-corrected chi connectivity index (χ4v) is 4.13. The van der Waals surface area contributed by atoms with Gasteiger partial charge in [-0.25, -0.2) is 4.39 Å². The number of halogens is 2. The number of para-hydroxylation sites is 2. The lowest BCUT2D eigenvalue weighted by Crippen LogP contribution is -2.26. The molecule has 0 bridgehead atoms. The molecule has 1 heterocycles. The third kappa shape index (κ3) is 4.94. The predicted octanol–water partition coefficient (Wildman–Crippen LogP) is 4.89. The zero-order chi connectivity index (χ0) is 21.5. The van der Waals surface area contributed by atoms with Crippen LogP contribution < -0.4 is 10.1 Å². The molecule has 0 aliphatic rings. The topological polar surface area (TPSA) is 69.0 Å². The Morgan fingerprint density at radius 1 is 1.23 bits per heavy atom. The second-order valence-corrected chi connectivity index (χ2v) is 7.86. The van der Waals surface area contributed by atoms with Gasteiger partial charge < -0.3 is 10.1 Å². The number of unbranched alkanes of at least 4 members (excludes halogenated alkanes) is 1. The van der Waals surface area contributed by atoms with Gasteiger partial charge in [-0.15, -0.1) is 10.2 Å². The van der Waals surface area contributed by atoms with Crippen molar-refractivity contribution in [2.45, 2.75) is 31.5 Å². The summed E-state index contributed by atoms with van der Waals surface area (Å²) >= 11 is 7.58. The monoisotopic (exact) mass is 448 g/mol. The van der Waals surface area contributed by atoms with E-state index in [4.69, 9.17) is 16.3 Å². The highest BCUT2D eigenvalue weighted by Crippen LogP contribution is 2.29. The van der Waals surface area contributed by atoms with Crippen LogP contribution in [0.5, 0.6) is 5.75 Å². The van der Waals surface area contributed by atoms with Crippen molar-refractivity contribution in [2.24, 2.45) is 0 Å². The fraction of sp³-hybridized carbons (Fsp3) is 0.286. The largest absolute Gasteiger partial charge is 0.495 e. The van der Waals surface area contributed by atoms with Gasteiger partial charge in [-0.1, -0.05) is 54.9 Å². The molecule has 3 rings (SSSR count). The van der Waals surface area contributed by atoms with Gasteiger partial charge in [0.25, 0.3) is 5.91 Å². The number of aromatic nitrogens is 3. The number of methoxy groups -OCH3 is 1. The zero-order valence-electron chi connectivity index (χ0n) is 16.7. The average molecular weight is 449 g/mol.